The van der Waals surface area contributed by atoms with Gasteiger partial charge in [0.2, 0.25) is 5.91 Å². The summed E-state index contributed by atoms with van der Waals surface area (Å²) in [6.07, 6.45) is 0.423. The van der Waals surface area contributed by atoms with Crippen LogP contribution in [0.3, 0.4) is 0 Å². The monoisotopic (exact) mass is 400 g/mol. The molecule has 1 N–H and O–H groups in total. The highest BCUT2D eigenvalue weighted by molar-refractivity contribution is 6.30. The third-order valence-corrected chi connectivity index (χ3v) is 5.09. The van der Waals surface area contributed by atoms with Gasteiger partial charge in [-0.2, -0.15) is 0 Å². The van der Waals surface area contributed by atoms with Crippen molar-refractivity contribution >= 4 is 29.1 Å². The van der Waals surface area contributed by atoms with Crippen LogP contribution in [0.5, 0.6) is 5.75 Å². The van der Waals surface area contributed by atoms with Gasteiger partial charge in [-0.05, 0) is 57.2 Å². The van der Waals surface area contributed by atoms with Crippen molar-refractivity contribution < 1.29 is 14.3 Å². The first-order chi connectivity index (χ1) is 13.2. The lowest BCUT2D eigenvalue weighted by molar-refractivity contribution is -0.134. The molecule has 1 aliphatic heterocycles. The fraction of sp³-hybridized carbons (Fsp3) is 0.364. The number of ether oxygens (including phenoxy) is 1. The van der Waals surface area contributed by atoms with Crippen molar-refractivity contribution in [3.63, 3.8) is 0 Å². The van der Waals surface area contributed by atoms with Gasteiger partial charge in [-0.1, -0.05) is 29.3 Å². The number of benzene rings is 2. The smallest absolute Gasteiger partial charge is 0.263 e. The van der Waals surface area contributed by atoms with E-state index in [1.54, 1.807) is 43.0 Å². The number of nitrogens with zero attached hydrogens (tertiary/aromatic N) is 1. The van der Waals surface area contributed by atoms with E-state index in [0.29, 0.717) is 30.3 Å². The number of carbonyl (C=O) groups is 2. The van der Waals surface area contributed by atoms with E-state index in [2.05, 4.69) is 5.32 Å². The first kappa shape index (κ1) is 20.2. The summed E-state index contributed by atoms with van der Waals surface area (Å²) in [5.74, 6) is 0.513. The van der Waals surface area contributed by atoms with E-state index in [1.807, 2.05) is 31.2 Å². The molecule has 1 heterocycles. The molecule has 148 valence electrons. The van der Waals surface area contributed by atoms with Crippen LogP contribution in [0.1, 0.15) is 25.8 Å². The first-order valence-corrected chi connectivity index (χ1v) is 9.72. The fourth-order valence-corrected chi connectivity index (χ4v) is 3.31. The van der Waals surface area contributed by atoms with Gasteiger partial charge in [0.15, 0.2) is 5.60 Å². The second-order valence-electron chi connectivity index (χ2n) is 7.69. The predicted octanol–water partition coefficient (Wildman–Crippen LogP) is 3.98. The molecule has 1 unspecified atom stereocenters. The van der Waals surface area contributed by atoms with Gasteiger partial charge in [0.1, 0.15) is 5.75 Å². The van der Waals surface area contributed by atoms with Crippen molar-refractivity contribution in [1.29, 1.82) is 0 Å². The summed E-state index contributed by atoms with van der Waals surface area (Å²) in [4.78, 5) is 26.7. The van der Waals surface area contributed by atoms with Gasteiger partial charge < -0.3 is 15.0 Å². The van der Waals surface area contributed by atoms with E-state index in [0.717, 1.165) is 11.3 Å². The molecule has 28 heavy (non-hydrogen) atoms. The number of halogens is 1. The number of nitrogens with one attached hydrogen (secondary N) is 1. The molecule has 3 rings (SSSR count). The average molecular weight is 401 g/mol. The average Bonchev–Trinajstić information content (AvgIpc) is 3.02. The Balaban J connectivity index is 1.54. The zero-order valence-electron chi connectivity index (χ0n) is 16.4. The third-order valence-electron chi connectivity index (χ3n) is 4.84. The summed E-state index contributed by atoms with van der Waals surface area (Å²) in [5, 5.41) is 3.54. The molecule has 1 saturated heterocycles. The second-order valence-corrected chi connectivity index (χ2v) is 8.12. The van der Waals surface area contributed by atoms with Crippen molar-refractivity contribution in [1.82, 2.24) is 5.32 Å². The quantitative estimate of drug-likeness (QED) is 0.798. The molecule has 0 saturated carbocycles. The van der Waals surface area contributed by atoms with Crippen molar-refractivity contribution in [2.75, 3.05) is 18.0 Å². The minimum Gasteiger partial charge on any atom is -0.478 e. The van der Waals surface area contributed by atoms with Crippen LogP contribution < -0.4 is 15.0 Å². The van der Waals surface area contributed by atoms with Crippen LogP contribution in [-0.2, 0) is 9.59 Å². The van der Waals surface area contributed by atoms with E-state index in [4.69, 9.17) is 16.3 Å². The molecule has 0 aromatic heterocycles. The lowest BCUT2D eigenvalue weighted by Crippen LogP contribution is -2.48. The third kappa shape index (κ3) is 4.84. The van der Waals surface area contributed by atoms with Crippen molar-refractivity contribution in [3.05, 3.63) is 59.1 Å². The summed E-state index contributed by atoms with van der Waals surface area (Å²) in [6.45, 7) is 6.48. The largest absolute Gasteiger partial charge is 0.478 e. The summed E-state index contributed by atoms with van der Waals surface area (Å²) < 4.78 is 5.81. The minimum atomic E-state index is -1.03. The van der Waals surface area contributed by atoms with Gasteiger partial charge in [-0.25, -0.2) is 0 Å². The van der Waals surface area contributed by atoms with Crippen LogP contribution in [0.25, 0.3) is 0 Å². The molecule has 1 fully saturated rings. The molecule has 6 heteroatoms. The van der Waals surface area contributed by atoms with Gasteiger partial charge >= 0.3 is 0 Å². The lowest BCUT2D eigenvalue weighted by Gasteiger charge is -2.26. The Morgan fingerprint density at radius 3 is 2.46 bits per heavy atom. The molecular weight excluding hydrogens is 376 g/mol. The number of amides is 2. The number of rotatable bonds is 6. The van der Waals surface area contributed by atoms with Crippen LogP contribution in [0, 0.1) is 12.8 Å². The van der Waals surface area contributed by atoms with Gasteiger partial charge in [0.05, 0.1) is 0 Å². The minimum absolute atomic E-state index is 0.0732. The first-order valence-electron chi connectivity index (χ1n) is 9.34. The van der Waals surface area contributed by atoms with E-state index in [9.17, 15) is 9.59 Å². The SMILES string of the molecule is Cc1ccc(N2CC(CNC(=O)C(C)(C)Oc3ccc(Cl)cc3)CC2=O)cc1. The summed E-state index contributed by atoms with van der Waals surface area (Å²) in [7, 11) is 0. The molecule has 0 aliphatic carbocycles. The van der Waals surface area contributed by atoms with Crippen molar-refractivity contribution in [2.24, 2.45) is 5.92 Å². The molecule has 2 aromatic rings. The van der Waals surface area contributed by atoms with Gasteiger partial charge in [-0.15, -0.1) is 0 Å². The van der Waals surface area contributed by atoms with E-state index in [1.165, 1.54) is 0 Å². The highest BCUT2D eigenvalue weighted by Gasteiger charge is 2.34. The Hall–Kier alpha value is -2.53. The zero-order valence-corrected chi connectivity index (χ0v) is 17.1. The van der Waals surface area contributed by atoms with Crippen LogP contribution in [-0.4, -0.2) is 30.5 Å². The van der Waals surface area contributed by atoms with Gasteiger partial charge in [0.25, 0.3) is 5.91 Å². The number of carbonyl (C=O) groups excluding carboxylic acids is 2. The number of hydrogen-bond donors (Lipinski definition) is 1. The fourth-order valence-electron chi connectivity index (χ4n) is 3.19. The maximum absolute atomic E-state index is 12.6. The Morgan fingerprint density at radius 2 is 1.82 bits per heavy atom. The van der Waals surface area contributed by atoms with E-state index in [-0.39, 0.29) is 17.7 Å². The Morgan fingerprint density at radius 1 is 1.18 bits per heavy atom. The molecule has 1 atom stereocenters. The standard InChI is InChI=1S/C22H25ClN2O3/c1-15-4-8-18(9-5-15)25-14-16(12-20(25)26)13-24-21(27)22(2,3)28-19-10-6-17(23)7-11-19/h4-11,16H,12-14H2,1-3H3,(H,24,27). The predicted molar refractivity (Wildman–Crippen MR) is 111 cm³/mol. The molecule has 5 nitrogen and oxygen atoms in total. The number of anilines is 1. The Bertz CT molecular complexity index is 847. The van der Waals surface area contributed by atoms with Crippen LogP contribution in [0.15, 0.2) is 48.5 Å². The maximum Gasteiger partial charge on any atom is 0.263 e. The van der Waals surface area contributed by atoms with Crippen molar-refractivity contribution in [3.8, 4) is 5.75 Å². The topological polar surface area (TPSA) is 58.6 Å². The number of aryl methyl sites for hydroxylation is 1. The molecule has 2 amide bonds. The highest BCUT2D eigenvalue weighted by Crippen LogP contribution is 2.25. The van der Waals surface area contributed by atoms with Gasteiger partial charge in [0, 0.05) is 36.1 Å². The molecule has 1 aliphatic rings. The molecule has 0 spiro atoms. The highest BCUT2D eigenvalue weighted by atomic mass is 35.5. The maximum atomic E-state index is 12.6. The zero-order chi connectivity index (χ0) is 20.3. The van der Waals surface area contributed by atoms with E-state index >= 15 is 0 Å². The molecule has 0 radical (unpaired) electrons. The van der Waals surface area contributed by atoms with Crippen molar-refractivity contribution in [2.45, 2.75) is 32.8 Å². The molecule has 0 bridgehead atoms. The second kappa shape index (κ2) is 8.23. The summed E-state index contributed by atoms with van der Waals surface area (Å²) >= 11 is 5.88. The van der Waals surface area contributed by atoms with E-state index < -0.39 is 5.60 Å². The Labute approximate surface area is 170 Å². The normalized spacial score (nSPS) is 16.9. The molecular formula is C22H25ClN2O3. The van der Waals surface area contributed by atoms with Gasteiger partial charge in [-0.3, -0.25) is 9.59 Å². The Kier molecular flexibility index (Phi) is 5.94. The lowest BCUT2D eigenvalue weighted by atomic mass is 10.1. The number of hydrogen-bond acceptors (Lipinski definition) is 3. The summed E-state index contributed by atoms with van der Waals surface area (Å²) in [5.41, 5.74) is 1.02. The molecule has 2 aromatic carbocycles. The van der Waals surface area contributed by atoms with Crippen LogP contribution >= 0.6 is 11.6 Å². The summed E-state index contributed by atoms with van der Waals surface area (Å²) in [6, 6.07) is 14.8. The van der Waals surface area contributed by atoms with Crippen LogP contribution in [0.4, 0.5) is 5.69 Å². The van der Waals surface area contributed by atoms with Crippen LogP contribution in [0.2, 0.25) is 5.02 Å².